The molecular weight excluding hydrogens is 232 g/mol. The molecule has 0 radical (unpaired) electrons. The largest absolute Gasteiger partial charge is 0.338 e. The molecule has 1 fully saturated rings. The smallest absolute Gasteiger partial charge is 0.245 e. The summed E-state index contributed by atoms with van der Waals surface area (Å²) in [4.78, 5) is 18.1. The van der Waals surface area contributed by atoms with Crippen molar-refractivity contribution in [1.29, 1.82) is 0 Å². The minimum Gasteiger partial charge on any atom is -0.338 e. The number of aromatic nitrogens is 1. The predicted molar refractivity (Wildman–Crippen MR) is 70.2 cm³/mol. The highest BCUT2D eigenvalue weighted by molar-refractivity contribution is 7.09. The second-order valence-electron chi connectivity index (χ2n) is 4.36. The van der Waals surface area contributed by atoms with Crippen LogP contribution in [0.25, 0.3) is 0 Å². The number of rotatable bonds is 3. The van der Waals surface area contributed by atoms with Crippen LogP contribution in [-0.2, 0) is 11.2 Å². The summed E-state index contributed by atoms with van der Waals surface area (Å²) in [5.41, 5.74) is 1.16. The van der Waals surface area contributed by atoms with Gasteiger partial charge in [-0.1, -0.05) is 13.5 Å². The minimum atomic E-state index is 0.0435. The Hall–Kier alpha value is -1.16. The molecule has 1 aliphatic rings. The lowest BCUT2D eigenvalue weighted by Crippen LogP contribution is -2.38. The molecular formula is C13H18N2OS. The molecule has 1 amide bonds. The molecule has 1 aliphatic heterocycles. The standard InChI is InChI=1S/C13H18N2OS/c1-3-11-9-17-13(14-11)10-6-5-7-15(8-10)12(16)4-2/h4,9-10H,2-3,5-8H2,1H3. The molecule has 0 spiro atoms. The van der Waals surface area contributed by atoms with E-state index in [-0.39, 0.29) is 5.91 Å². The van der Waals surface area contributed by atoms with Crippen LogP contribution >= 0.6 is 11.3 Å². The van der Waals surface area contributed by atoms with E-state index in [0.717, 1.165) is 38.0 Å². The number of amides is 1. The van der Waals surface area contributed by atoms with E-state index in [1.807, 2.05) is 4.90 Å². The van der Waals surface area contributed by atoms with E-state index in [1.54, 1.807) is 11.3 Å². The van der Waals surface area contributed by atoms with Crippen LogP contribution < -0.4 is 0 Å². The lowest BCUT2D eigenvalue weighted by Gasteiger charge is -2.31. The molecule has 2 heterocycles. The molecule has 17 heavy (non-hydrogen) atoms. The van der Waals surface area contributed by atoms with Crippen LogP contribution in [0.4, 0.5) is 0 Å². The summed E-state index contributed by atoms with van der Waals surface area (Å²) in [7, 11) is 0. The van der Waals surface area contributed by atoms with Gasteiger partial charge in [-0.05, 0) is 25.3 Å². The summed E-state index contributed by atoms with van der Waals surface area (Å²) in [6.45, 7) is 7.31. The molecule has 0 saturated carbocycles. The van der Waals surface area contributed by atoms with Gasteiger partial charge in [0.1, 0.15) is 0 Å². The van der Waals surface area contributed by atoms with E-state index in [2.05, 4.69) is 23.9 Å². The zero-order valence-corrected chi connectivity index (χ0v) is 11.0. The SMILES string of the molecule is C=CC(=O)N1CCCC(c2nc(CC)cs2)C1. The summed E-state index contributed by atoms with van der Waals surface area (Å²) in [6.07, 6.45) is 4.59. The highest BCUT2D eigenvalue weighted by Gasteiger charge is 2.25. The molecule has 1 atom stereocenters. The van der Waals surface area contributed by atoms with Gasteiger partial charge in [0.2, 0.25) is 5.91 Å². The maximum absolute atomic E-state index is 11.6. The number of hydrogen-bond donors (Lipinski definition) is 0. The Balaban J connectivity index is 2.06. The number of aryl methyl sites for hydroxylation is 1. The molecule has 0 N–H and O–H groups in total. The van der Waals surface area contributed by atoms with Crippen molar-refractivity contribution in [3.05, 3.63) is 28.7 Å². The van der Waals surface area contributed by atoms with Gasteiger partial charge in [0.25, 0.3) is 0 Å². The molecule has 0 aromatic carbocycles. The highest BCUT2D eigenvalue weighted by atomic mass is 32.1. The van der Waals surface area contributed by atoms with Gasteiger partial charge in [-0.3, -0.25) is 4.79 Å². The molecule has 1 aromatic rings. The molecule has 0 bridgehead atoms. The van der Waals surface area contributed by atoms with Gasteiger partial charge in [0, 0.05) is 24.4 Å². The monoisotopic (exact) mass is 250 g/mol. The van der Waals surface area contributed by atoms with Crippen molar-refractivity contribution in [3.63, 3.8) is 0 Å². The van der Waals surface area contributed by atoms with Crippen molar-refractivity contribution in [1.82, 2.24) is 9.88 Å². The third-order valence-corrected chi connectivity index (χ3v) is 4.24. The van der Waals surface area contributed by atoms with Crippen molar-refractivity contribution in [2.75, 3.05) is 13.1 Å². The molecule has 3 nitrogen and oxygen atoms in total. The first kappa shape index (κ1) is 12.3. The van der Waals surface area contributed by atoms with Gasteiger partial charge in [-0.15, -0.1) is 11.3 Å². The minimum absolute atomic E-state index is 0.0435. The lowest BCUT2D eigenvalue weighted by molar-refractivity contribution is -0.127. The maximum atomic E-state index is 11.6. The zero-order chi connectivity index (χ0) is 12.3. The Morgan fingerprint density at radius 2 is 2.59 bits per heavy atom. The average molecular weight is 250 g/mol. The Labute approximate surface area is 106 Å². The first-order valence-electron chi connectivity index (χ1n) is 6.10. The van der Waals surface area contributed by atoms with E-state index in [4.69, 9.17) is 0 Å². The van der Waals surface area contributed by atoms with Gasteiger partial charge in [-0.25, -0.2) is 4.98 Å². The second kappa shape index (κ2) is 5.45. The number of carbonyl (C=O) groups is 1. The Bertz CT molecular complexity index is 413. The predicted octanol–water partition coefficient (Wildman–Crippen LogP) is 2.60. The van der Waals surface area contributed by atoms with Crippen LogP contribution in [0, 0.1) is 0 Å². The van der Waals surface area contributed by atoms with Crippen LogP contribution in [0.5, 0.6) is 0 Å². The van der Waals surface area contributed by atoms with Crippen LogP contribution in [-0.4, -0.2) is 28.9 Å². The van der Waals surface area contributed by atoms with Gasteiger partial charge < -0.3 is 4.90 Å². The number of carbonyl (C=O) groups excluding carboxylic acids is 1. The van der Waals surface area contributed by atoms with Gasteiger partial charge >= 0.3 is 0 Å². The molecule has 1 saturated heterocycles. The van der Waals surface area contributed by atoms with Crippen LogP contribution in [0.2, 0.25) is 0 Å². The number of thiazole rings is 1. The number of likely N-dealkylation sites (tertiary alicyclic amines) is 1. The Morgan fingerprint density at radius 3 is 3.24 bits per heavy atom. The zero-order valence-electron chi connectivity index (χ0n) is 10.2. The van der Waals surface area contributed by atoms with E-state index < -0.39 is 0 Å². The van der Waals surface area contributed by atoms with E-state index in [1.165, 1.54) is 11.1 Å². The van der Waals surface area contributed by atoms with Gasteiger partial charge in [0.15, 0.2) is 0 Å². The first-order valence-corrected chi connectivity index (χ1v) is 6.98. The van der Waals surface area contributed by atoms with E-state index in [9.17, 15) is 4.79 Å². The van der Waals surface area contributed by atoms with Crippen LogP contribution in [0.1, 0.15) is 36.4 Å². The topological polar surface area (TPSA) is 33.2 Å². The van der Waals surface area contributed by atoms with Crippen molar-refractivity contribution in [2.24, 2.45) is 0 Å². The normalized spacial score (nSPS) is 20.3. The lowest BCUT2D eigenvalue weighted by atomic mass is 9.98. The van der Waals surface area contributed by atoms with Crippen molar-refractivity contribution >= 4 is 17.2 Å². The molecule has 4 heteroatoms. The third-order valence-electron chi connectivity index (χ3n) is 3.19. The molecule has 1 aromatic heterocycles. The number of piperidine rings is 1. The summed E-state index contributed by atoms with van der Waals surface area (Å²) in [6, 6.07) is 0. The van der Waals surface area contributed by atoms with E-state index >= 15 is 0 Å². The van der Waals surface area contributed by atoms with Crippen molar-refractivity contribution in [2.45, 2.75) is 32.1 Å². The summed E-state index contributed by atoms with van der Waals surface area (Å²) in [5, 5.41) is 3.31. The summed E-state index contributed by atoms with van der Waals surface area (Å²) < 4.78 is 0. The first-order chi connectivity index (χ1) is 8.24. The molecule has 0 aliphatic carbocycles. The fraction of sp³-hybridized carbons (Fsp3) is 0.538. The molecule has 1 unspecified atom stereocenters. The highest BCUT2D eigenvalue weighted by Crippen LogP contribution is 2.29. The Kier molecular flexibility index (Phi) is 3.94. The number of nitrogens with zero attached hydrogens (tertiary/aromatic N) is 2. The summed E-state index contributed by atoms with van der Waals surface area (Å²) in [5.74, 6) is 0.458. The van der Waals surface area contributed by atoms with Gasteiger partial charge in [0.05, 0.1) is 10.7 Å². The fourth-order valence-electron chi connectivity index (χ4n) is 2.18. The van der Waals surface area contributed by atoms with Crippen molar-refractivity contribution in [3.8, 4) is 0 Å². The molecule has 92 valence electrons. The van der Waals surface area contributed by atoms with Crippen molar-refractivity contribution < 1.29 is 4.79 Å². The van der Waals surface area contributed by atoms with Crippen LogP contribution in [0.3, 0.4) is 0 Å². The number of hydrogen-bond acceptors (Lipinski definition) is 3. The quantitative estimate of drug-likeness (QED) is 0.773. The maximum Gasteiger partial charge on any atom is 0.245 e. The average Bonchev–Trinajstić information content (AvgIpc) is 2.86. The van der Waals surface area contributed by atoms with Gasteiger partial charge in [-0.2, -0.15) is 0 Å². The van der Waals surface area contributed by atoms with E-state index in [0.29, 0.717) is 5.92 Å². The molecule has 2 rings (SSSR count). The fourth-order valence-corrected chi connectivity index (χ4v) is 3.21. The third kappa shape index (κ3) is 2.75. The summed E-state index contributed by atoms with van der Waals surface area (Å²) >= 11 is 1.73. The second-order valence-corrected chi connectivity index (χ2v) is 5.25. The van der Waals surface area contributed by atoms with Crippen LogP contribution in [0.15, 0.2) is 18.0 Å². The Morgan fingerprint density at radius 1 is 1.76 bits per heavy atom.